The molecule has 1 aliphatic carbocycles. The van der Waals surface area contributed by atoms with E-state index < -0.39 is 0 Å². The number of hydrogen-bond acceptors (Lipinski definition) is 3. The largest absolute Gasteiger partial charge is 0.394 e. The Bertz CT molecular complexity index is 297. The van der Waals surface area contributed by atoms with Crippen LogP contribution >= 0.6 is 0 Å². The molecule has 2 fully saturated rings. The average molecular weight is 282 g/mol. The van der Waals surface area contributed by atoms with Gasteiger partial charge in [0.2, 0.25) is 0 Å². The molecule has 0 radical (unpaired) electrons. The van der Waals surface area contributed by atoms with Crippen molar-refractivity contribution in [3.05, 3.63) is 0 Å². The lowest BCUT2D eigenvalue weighted by atomic mass is 9.84. The minimum Gasteiger partial charge on any atom is -0.394 e. The number of fused-ring (bicyclic) bond motifs is 1. The molecule has 2 aliphatic rings. The zero-order valence-corrected chi connectivity index (χ0v) is 13.7. The standard InChI is InChI=1S/C17H34N2O/c1-4-10-18-17(3,13-20)12-14(2)19-11-9-15-7-5-6-8-16(15)19/h14-16,18,20H,4-13H2,1-3H3. The molecule has 0 aromatic rings. The highest BCUT2D eigenvalue weighted by atomic mass is 16.3. The number of likely N-dealkylation sites (tertiary alicyclic amines) is 1. The van der Waals surface area contributed by atoms with Crippen LogP contribution in [0.2, 0.25) is 0 Å². The normalized spacial score (nSPS) is 31.8. The van der Waals surface area contributed by atoms with Crippen LogP contribution in [0.25, 0.3) is 0 Å². The van der Waals surface area contributed by atoms with Gasteiger partial charge in [0, 0.05) is 17.6 Å². The van der Waals surface area contributed by atoms with E-state index in [1.165, 1.54) is 38.6 Å². The van der Waals surface area contributed by atoms with Crippen molar-refractivity contribution in [3.63, 3.8) is 0 Å². The minimum atomic E-state index is -0.123. The fraction of sp³-hybridized carbons (Fsp3) is 1.00. The molecule has 0 spiro atoms. The predicted octanol–water partition coefficient (Wildman–Crippen LogP) is 2.78. The van der Waals surface area contributed by atoms with E-state index in [2.05, 4.69) is 31.0 Å². The lowest BCUT2D eigenvalue weighted by Gasteiger charge is -2.40. The summed E-state index contributed by atoms with van der Waals surface area (Å²) in [6, 6.07) is 1.40. The fourth-order valence-electron chi connectivity index (χ4n) is 4.38. The maximum absolute atomic E-state index is 9.76. The van der Waals surface area contributed by atoms with Gasteiger partial charge in [0.25, 0.3) is 0 Å². The summed E-state index contributed by atoms with van der Waals surface area (Å²) in [5, 5.41) is 13.3. The molecule has 1 saturated heterocycles. The summed E-state index contributed by atoms with van der Waals surface area (Å²) < 4.78 is 0. The Kier molecular flexibility index (Phi) is 5.88. The minimum absolute atomic E-state index is 0.123. The van der Waals surface area contributed by atoms with E-state index >= 15 is 0 Å². The Morgan fingerprint density at radius 1 is 1.30 bits per heavy atom. The van der Waals surface area contributed by atoms with E-state index in [0.717, 1.165) is 31.3 Å². The highest BCUT2D eigenvalue weighted by molar-refractivity contribution is 4.95. The molecule has 3 nitrogen and oxygen atoms in total. The van der Waals surface area contributed by atoms with Crippen LogP contribution in [0, 0.1) is 5.92 Å². The molecular weight excluding hydrogens is 248 g/mol. The summed E-state index contributed by atoms with van der Waals surface area (Å²) in [6.45, 7) is 9.22. The molecular formula is C17H34N2O. The first kappa shape index (κ1) is 16.3. The lowest BCUT2D eigenvalue weighted by Crippen LogP contribution is -2.52. The average Bonchev–Trinajstić information content (AvgIpc) is 2.89. The smallest absolute Gasteiger partial charge is 0.0611 e. The van der Waals surface area contributed by atoms with Crippen molar-refractivity contribution >= 4 is 0 Å². The predicted molar refractivity (Wildman–Crippen MR) is 84.9 cm³/mol. The molecule has 20 heavy (non-hydrogen) atoms. The maximum Gasteiger partial charge on any atom is 0.0611 e. The van der Waals surface area contributed by atoms with E-state index in [1.54, 1.807) is 0 Å². The zero-order chi connectivity index (χ0) is 14.6. The number of nitrogens with one attached hydrogen (secondary N) is 1. The molecule has 2 N–H and O–H groups in total. The topological polar surface area (TPSA) is 35.5 Å². The van der Waals surface area contributed by atoms with Gasteiger partial charge in [-0.3, -0.25) is 4.90 Å². The Morgan fingerprint density at radius 2 is 2.05 bits per heavy atom. The van der Waals surface area contributed by atoms with Gasteiger partial charge in [0.15, 0.2) is 0 Å². The van der Waals surface area contributed by atoms with Crippen LogP contribution in [-0.2, 0) is 0 Å². The van der Waals surface area contributed by atoms with Gasteiger partial charge in [0.05, 0.1) is 6.61 Å². The quantitative estimate of drug-likeness (QED) is 0.754. The third-order valence-electron chi connectivity index (χ3n) is 5.52. The number of nitrogens with zero attached hydrogens (tertiary/aromatic N) is 1. The summed E-state index contributed by atoms with van der Waals surface area (Å²) in [5.74, 6) is 0.954. The Morgan fingerprint density at radius 3 is 2.75 bits per heavy atom. The zero-order valence-electron chi connectivity index (χ0n) is 13.7. The van der Waals surface area contributed by atoms with Crippen molar-refractivity contribution in [1.29, 1.82) is 0 Å². The molecule has 0 aromatic carbocycles. The van der Waals surface area contributed by atoms with Gasteiger partial charge >= 0.3 is 0 Å². The van der Waals surface area contributed by atoms with E-state index in [4.69, 9.17) is 0 Å². The van der Waals surface area contributed by atoms with Crippen molar-refractivity contribution in [1.82, 2.24) is 10.2 Å². The number of aliphatic hydroxyl groups is 1. The fourth-order valence-corrected chi connectivity index (χ4v) is 4.38. The van der Waals surface area contributed by atoms with Gasteiger partial charge in [-0.25, -0.2) is 0 Å². The summed E-state index contributed by atoms with van der Waals surface area (Å²) in [6.07, 6.45) is 9.26. The van der Waals surface area contributed by atoms with Crippen molar-refractivity contribution in [2.45, 2.75) is 83.3 Å². The van der Waals surface area contributed by atoms with E-state index in [0.29, 0.717) is 6.04 Å². The molecule has 3 heteroatoms. The summed E-state index contributed by atoms with van der Waals surface area (Å²) in [7, 11) is 0. The van der Waals surface area contributed by atoms with Gasteiger partial charge in [-0.05, 0) is 65.0 Å². The number of hydrogen-bond donors (Lipinski definition) is 2. The molecule has 0 aromatic heterocycles. The van der Waals surface area contributed by atoms with Gasteiger partial charge in [-0.2, -0.15) is 0 Å². The van der Waals surface area contributed by atoms with Crippen molar-refractivity contribution in [3.8, 4) is 0 Å². The number of rotatable bonds is 7. The lowest BCUT2D eigenvalue weighted by molar-refractivity contribution is 0.0901. The summed E-state index contributed by atoms with van der Waals surface area (Å²) in [5.41, 5.74) is -0.123. The van der Waals surface area contributed by atoms with Crippen LogP contribution in [0.3, 0.4) is 0 Å². The molecule has 4 unspecified atom stereocenters. The Balaban J connectivity index is 1.91. The third-order valence-corrected chi connectivity index (χ3v) is 5.52. The summed E-state index contributed by atoms with van der Waals surface area (Å²) in [4.78, 5) is 2.74. The van der Waals surface area contributed by atoms with Crippen molar-refractivity contribution in [2.24, 2.45) is 5.92 Å². The van der Waals surface area contributed by atoms with E-state index in [1.807, 2.05) is 0 Å². The highest BCUT2D eigenvalue weighted by Gasteiger charge is 2.39. The van der Waals surface area contributed by atoms with Gasteiger partial charge < -0.3 is 10.4 Å². The molecule has 118 valence electrons. The first-order valence-corrected chi connectivity index (χ1v) is 8.71. The Labute approximate surface area is 125 Å². The first-order valence-electron chi connectivity index (χ1n) is 8.71. The van der Waals surface area contributed by atoms with Gasteiger partial charge in [0.1, 0.15) is 0 Å². The van der Waals surface area contributed by atoms with Gasteiger partial charge in [-0.15, -0.1) is 0 Å². The Hall–Kier alpha value is -0.120. The van der Waals surface area contributed by atoms with Crippen LogP contribution in [0.4, 0.5) is 0 Å². The van der Waals surface area contributed by atoms with Crippen molar-refractivity contribution in [2.75, 3.05) is 19.7 Å². The van der Waals surface area contributed by atoms with E-state index in [9.17, 15) is 5.11 Å². The molecule has 1 saturated carbocycles. The molecule has 2 rings (SSSR count). The molecule has 4 atom stereocenters. The maximum atomic E-state index is 9.76. The van der Waals surface area contributed by atoms with Crippen molar-refractivity contribution < 1.29 is 5.11 Å². The van der Waals surface area contributed by atoms with Gasteiger partial charge in [-0.1, -0.05) is 19.8 Å². The molecule has 1 aliphatic heterocycles. The van der Waals surface area contributed by atoms with Crippen LogP contribution in [0.15, 0.2) is 0 Å². The monoisotopic (exact) mass is 282 g/mol. The first-order chi connectivity index (χ1) is 9.59. The SMILES string of the molecule is CCCNC(C)(CO)CC(C)N1CCC2CCCCC21. The second-order valence-electron chi connectivity index (χ2n) is 7.34. The van der Waals surface area contributed by atoms with Crippen LogP contribution in [0.1, 0.15) is 65.7 Å². The second-order valence-corrected chi connectivity index (χ2v) is 7.34. The molecule has 0 bridgehead atoms. The third kappa shape index (κ3) is 3.75. The van der Waals surface area contributed by atoms with Crippen LogP contribution in [0.5, 0.6) is 0 Å². The number of aliphatic hydroxyl groups excluding tert-OH is 1. The molecule has 0 amide bonds. The van der Waals surface area contributed by atoms with Crippen LogP contribution in [-0.4, -0.2) is 47.3 Å². The molecule has 1 heterocycles. The summed E-state index contributed by atoms with van der Waals surface area (Å²) >= 11 is 0. The second kappa shape index (κ2) is 7.24. The van der Waals surface area contributed by atoms with Crippen LogP contribution < -0.4 is 5.32 Å². The van der Waals surface area contributed by atoms with E-state index in [-0.39, 0.29) is 12.1 Å². The highest BCUT2D eigenvalue weighted by Crippen LogP contribution is 2.38.